The number of aliphatic carboxylic acids is 1. The Balaban J connectivity index is 4.29. The van der Waals surface area contributed by atoms with Crippen LogP contribution in [0.15, 0.2) is 11.6 Å². The van der Waals surface area contributed by atoms with Gasteiger partial charge in [-0.1, -0.05) is 11.6 Å². The minimum Gasteiger partial charge on any atom is -0.480 e. The van der Waals surface area contributed by atoms with Gasteiger partial charge in [-0.25, -0.2) is 4.79 Å². The molecule has 4 nitrogen and oxygen atoms in total. The summed E-state index contributed by atoms with van der Waals surface area (Å²) in [4.78, 5) is 21.3. The summed E-state index contributed by atoms with van der Waals surface area (Å²) in [6.45, 7) is 3.70. The standard InChI is InChI=1S/C10H14F3NO3S/c1-6(2)3-4-18-5-7(8(15)16)14-9(17)10(11,12)13/h3,7H,4-5H2,1-2H3,(H,14,17)(H,15,16). The Morgan fingerprint density at radius 2 is 1.94 bits per heavy atom. The Morgan fingerprint density at radius 1 is 1.39 bits per heavy atom. The van der Waals surface area contributed by atoms with E-state index in [1.165, 1.54) is 5.32 Å². The van der Waals surface area contributed by atoms with Crippen molar-refractivity contribution in [3.63, 3.8) is 0 Å². The predicted octanol–water partition coefficient (Wildman–Crippen LogP) is 1.82. The molecule has 18 heavy (non-hydrogen) atoms. The van der Waals surface area contributed by atoms with Crippen LogP contribution >= 0.6 is 11.8 Å². The zero-order chi connectivity index (χ0) is 14.3. The van der Waals surface area contributed by atoms with E-state index in [1.54, 1.807) is 0 Å². The summed E-state index contributed by atoms with van der Waals surface area (Å²) in [6, 6.07) is -1.55. The number of carbonyl (C=O) groups is 2. The molecule has 0 rings (SSSR count). The molecule has 0 heterocycles. The third-order valence-electron chi connectivity index (χ3n) is 1.75. The molecule has 0 aromatic carbocycles. The Morgan fingerprint density at radius 3 is 2.33 bits per heavy atom. The van der Waals surface area contributed by atoms with Gasteiger partial charge in [0.25, 0.3) is 0 Å². The SMILES string of the molecule is CC(C)=CCSCC(NC(=O)C(F)(F)F)C(=O)O. The highest BCUT2D eigenvalue weighted by atomic mass is 32.2. The molecule has 0 aromatic rings. The van der Waals surface area contributed by atoms with Crippen LogP contribution in [0.3, 0.4) is 0 Å². The van der Waals surface area contributed by atoms with E-state index in [2.05, 4.69) is 0 Å². The highest BCUT2D eigenvalue weighted by Crippen LogP contribution is 2.15. The van der Waals surface area contributed by atoms with E-state index < -0.39 is 24.1 Å². The Bertz CT molecular complexity index is 338. The number of alkyl halides is 3. The van der Waals surface area contributed by atoms with Gasteiger partial charge < -0.3 is 10.4 Å². The molecule has 1 atom stereocenters. The molecule has 8 heteroatoms. The first-order chi connectivity index (χ1) is 8.14. The van der Waals surface area contributed by atoms with E-state index in [1.807, 2.05) is 19.9 Å². The molecule has 0 radical (unpaired) electrons. The average Bonchev–Trinajstić information content (AvgIpc) is 2.19. The summed E-state index contributed by atoms with van der Waals surface area (Å²) in [5, 5.41) is 10.1. The van der Waals surface area contributed by atoms with Crippen molar-refractivity contribution in [2.45, 2.75) is 26.1 Å². The van der Waals surface area contributed by atoms with Crippen molar-refractivity contribution >= 4 is 23.6 Å². The topological polar surface area (TPSA) is 66.4 Å². The number of carboxylic acid groups (broad SMARTS) is 1. The molecule has 0 spiro atoms. The summed E-state index contributed by atoms with van der Waals surface area (Å²) in [6.07, 6.45) is -3.26. The molecular formula is C10H14F3NO3S. The second-order valence-corrected chi connectivity index (χ2v) is 4.76. The first kappa shape index (κ1) is 16.8. The van der Waals surface area contributed by atoms with Gasteiger partial charge in [-0.2, -0.15) is 24.9 Å². The molecule has 1 amide bonds. The fraction of sp³-hybridized carbons (Fsp3) is 0.600. The zero-order valence-electron chi connectivity index (χ0n) is 9.87. The normalized spacial score (nSPS) is 12.7. The van der Waals surface area contributed by atoms with Gasteiger partial charge in [0.15, 0.2) is 0 Å². The maximum Gasteiger partial charge on any atom is 0.471 e. The van der Waals surface area contributed by atoms with Crippen LogP contribution in [0.2, 0.25) is 0 Å². The second kappa shape index (κ2) is 7.30. The Hall–Kier alpha value is -1.18. The van der Waals surface area contributed by atoms with Crippen LogP contribution in [0.4, 0.5) is 13.2 Å². The number of thioether (sulfide) groups is 1. The molecule has 0 aliphatic heterocycles. The van der Waals surface area contributed by atoms with Crippen molar-refractivity contribution in [3.05, 3.63) is 11.6 Å². The highest BCUT2D eigenvalue weighted by Gasteiger charge is 2.40. The zero-order valence-corrected chi connectivity index (χ0v) is 10.7. The second-order valence-electron chi connectivity index (χ2n) is 3.68. The van der Waals surface area contributed by atoms with Gasteiger partial charge in [0.05, 0.1) is 0 Å². The predicted molar refractivity (Wildman–Crippen MR) is 62.4 cm³/mol. The molecule has 2 N–H and O–H groups in total. The highest BCUT2D eigenvalue weighted by molar-refractivity contribution is 7.99. The number of hydrogen-bond acceptors (Lipinski definition) is 3. The van der Waals surface area contributed by atoms with E-state index in [0.29, 0.717) is 5.75 Å². The Labute approximate surface area is 107 Å². The molecule has 0 fully saturated rings. The average molecular weight is 285 g/mol. The van der Waals surface area contributed by atoms with Gasteiger partial charge in [-0.05, 0) is 13.8 Å². The van der Waals surface area contributed by atoms with E-state index in [4.69, 9.17) is 5.11 Å². The van der Waals surface area contributed by atoms with Gasteiger partial charge in [0, 0.05) is 11.5 Å². The molecule has 104 valence electrons. The monoisotopic (exact) mass is 285 g/mol. The van der Waals surface area contributed by atoms with Crippen molar-refractivity contribution in [2.24, 2.45) is 0 Å². The van der Waals surface area contributed by atoms with E-state index >= 15 is 0 Å². The number of halogens is 3. The molecule has 0 aromatic heterocycles. The van der Waals surface area contributed by atoms with E-state index in [9.17, 15) is 22.8 Å². The summed E-state index contributed by atoms with van der Waals surface area (Å²) in [5.41, 5.74) is 1.02. The van der Waals surface area contributed by atoms with Crippen LogP contribution < -0.4 is 5.32 Å². The van der Waals surface area contributed by atoms with Crippen molar-refractivity contribution in [3.8, 4) is 0 Å². The van der Waals surface area contributed by atoms with Crippen molar-refractivity contribution in [1.29, 1.82) is 0 Å². The lowest BCUT2D eigenvalue weighted by molar-refractivity contribution is -0.175. The summed E-state index contributed by atoms with van der Waals surface area (Å²) < 4.78 is 35.8. The van der Waals surface area contributed by atoms with Crippen LogP contribution in [0.5, 0.6) is 0 Å². The number of carboxylic acids is 1. The number of hydrogen-bond donors (Lipinski definition) is 2. The van der Waals surface area contributed by atoms with Gasteiger partial charge >= 0.3 is 18.1 Å². The quantitative estimate of drug-likeness (QED) is 0.577. The van der Waals surface area contributed by atoms with E-state index in [0.717, 1.165) is 17.3 Å². The molecule has 1 unspecified atom stereocenters. The maximum atomic E-state index is 11.9. The first-order valence-electron chi connectivity index (χ1n) is 4.96. The van der Waals surface area contributed by atoms with Crippen LogP contribution in [0, 0.1) is 0 Å². The Kier molecular flexibility index (Phi) is 6.82. The third kappa shape index (κ3) is 7.21. The van der Waals surface area contributed by atoms with E-state index in [-0.39, 0.29) is 5.75 Å². The van der Waals surface area contributed by atoms with Crippen molar-refractivity contribution in [1.82, 2.24) is 5.32 Å². The number of carbonyl (C=O) groups excluding carboxylic acids is 1. The van der Waals surface area contributed by atoms with Crippen LogP contribution in [0.1, 0.15) is 13.8 Å². The van der Waals surface area contributed by atoms with Crippen LogP contribution in [-0.4, -0.2) is 40.7 Å². The van der Waals surface area contributed by atoms with Gasteiger partial charge in [-0.3, -0.25) is 4.79 Å². The van der Waals surface area contributed by atoms with Gasteiger partial charge in [0.1, 0.15) is 6.04 Å². The summed E-state index contributed by atoms with van der Waals surface area (Å²) in [7, 11) is 0. The summed E-state index contributed by atoms with van der Waals surface area (Å²) in [5.74, 6) is -3.37. The molecule has 0 saturated heterocycles. The van der Waals surface area contributed by atoms with Crippen LogP contribution in [-0.2, 0) is 9.59 Å². The maximum absolute atomic E-state index is 11.9. The lowest BCUT2D eigenvalue weighted by atomic mass is 10.3. The third-order valence-corrected chi connectivity index (χ3v) is 2.73. The minimum atomic E-state index is -5.07. The summed E-state index contributed by atoms with van der Waals surface area (Å²) >= 11 is 1.13. The molecular weight excluding hydrogens is 271 g/mol. The number of nitrogens with one attached hydrogen (secondary N) is 1. The number of rotatable bonds is 6. The van der Waals surface area contributed by atoms with Crippen molar-refractivity contribution < 1.29 is 27.9 Å². The largest absolute Gasteiger partial charge is 0.480 e. The smallest absolute Gasteiger partial charge is 0.471 e. The lowest BCUT2D eigenvalue weighted by Gasteiger charge is -2.14. The molecule has 0 saturated carbocycles. The number of allylic oxidation sites excluding steroid dienone is 1. The van der Waals surface area contributed by atoms with Gasteiger partial charge in [0.2, 0.25) is 0 Å². The molecule has 0 aliphatic carbocycles. The molecule has 0 bridgehead atoms. The molecule has 0 aliphatic rings. The lowest BCUT2D eigenvalue weighted by Crippen LogP contribution is -2.48. The fourth-order valence-electron chi connectivity index (χ4n) is 0.826. The first-order valence-corrected chi connectivity index (χ1v) is 6.11. The fourth-order valence-corrected chi connectivity index (χ4v) is 1.88. The minimum absolute atomic E-state index is 0.124. The van der Waals surface area contributed by atoms with Gasteiger partial charge in [-0.15, -0.1) is 0 Å². The number of amides is 1. The van der Waals surface area contributed by atoms with Crippen molar-refractivity contribution in [2.75, 3.05) is 11.5 Å². The van der Waals surface area contributed by atoms with Crippen LogP contribution in [0.25, 0.3) is 0 Å².